The van der Waals surface area contributed by atoms with Gasteiger partial charge in [-0.2, -0.15) is 0 Å². The Kier molecular flexibility index (Phi) is 4.41. The molecule has 0 aliphatic rings. The fourth-order valence-electron chi connectivity index (χ4n) is 1.91. The van der Waals surface area contributed by atoms with Gasteiger partial charge >= 0.3 is 5.76 Å². The number of amides is 1. The molecule has 4 N–H and O–H groups in total. The van der Waals surface area contributed by atoms with E-state index in [4.69, 9.17) is 19.7 Å². The Morgan fingerprint density at radius 3 is 2.43 bits per heavy atom. The largest absolute Gasteiger partial charge is 0.420 e. The number of benzene rings is 1. The number of rotatable bonds is 6. The Morgan fingerprint density at radius 1 is 1.19 bits per heavy atom. The average Bonchev–Trinajstić information content (AvgIpc) is 2.81. The smallest absolute Gasteiger partial charge is 0.408 e. The molecule has 21 heavy (non-hydrogen) atoms. The van der Waals surface area contributed by atoms with E-state index in [2.05, 4.69) is 5.32 Å². The van der Waals surface area contributed by atoms with Gasteiger partial charge in [-0.1, -0.05) is 12.1 Å². The third-order valence-corrected chi connectivity index (χ3v) is 3.19. The first-order valence-electron chi connectivity index (χ1n) is 6.27. The minimum absolute atomic E-state index is 0.350. The van der Waals surface area contributed by atoms with Crippen molar-refractivity contribution in [3.8, 4) is 0 Å². The van der Waals surface area contributed by atoms with Crippen LogP contribution in [0.1, 0.15) is 0 Å². The SMILES string of the molecule is O=C(Cn1c(=O)oc2ccccc21)NC(CO)(CO)CO. The standard InChI is InChI=1S/C13H16N2O6/c16-6-13(7-17,8-18)14-11(19)5-15-9-3-1-2-4-10(9)21-12(15)20/h1-4,16-18H,5-8H2,(H,14,19). The molecule has 0 spiro atoms. The van der Waals surface area contributed by atoms with Gasteiger partial charge in [-0.15, -0.1) is 0 Å². The van der Waals surface area contributed by atoms with E-state index < -0.39 is 37.0 Å². The second-order valence-electron chi connectivity index (χ2n) is 4.72. The molecule has 0 saturated heterocycles. The highest BCUT2D eigenvalue weighted by Crippen LogP contribution is 2.11. The molecule has 1 heterocycles. The third kappa shape index (κ3) is 2.97. The van der Waals surface area contributed by atoms with Crippen molar-refractivity contribution in [3.63, 3.8) is 0 Å². The van der Waals surface area contributed by atoms with E-state index in [0.29, 0.717) is 11.1 Å². The van der Waals surface area contributed by atoms with Crippen LogP contribution >= 0.6 is 0 Å². The zero-order valence-corrected chi connectivity index (χ0v) is 11.2. The number of carbonyl (C=O) groups excluding carboxylic acids is 1. The second-order valence-corrected chi connectivity index (χ2v) is 4.72. The van der Waals surface area contributed by atoms with Gasteiger partial charge in [0, 0.05) is 0 Å². The molecule has 0 fully saturated rings. The zero-order valence-electron chi connectivity index (χ0n) is 11.2. The van der Waals surface area contributed by atoms with Crippen molar-refractivity contribution in [3.05, 3.63) is 34.8 Å². The number of carbonyl (C=O) groups is 1. The number of fused-ring (bicyclic) bond motifs is 1. The minimum Gasteiger partial charge on any atom is -0.408 e. The van der Waals surface area contributed by atoms with Gasteiger partial charge in [0.25, 0.3) is 0 Å². The number of aromatic nitrogens is 1. The molecule has 1 aromatic carbocycles. The van der Waals surface area contributed by atoms with E-state index in [9.17, 15) is 9.59 Å². The molecular formula is C13H16N2O6. The second kappa shape index (κ2) is 6.08. The molecule has 1 amide bonds. The molecule has 0 radical (unpaired) electrons. The van der Waals surface area contributed by atoms with Crippen molar-refractivity contribution in [2.45, 2.75) is 12.1 Å². The predicted octanol–water partition coefficient (Wildman–Crippen LogP) is -1.57. The molecule has 1 aromatic heterocycles. The van der Waals surface area contributed by atoms with Crippen molar-refractivity contribution in [2.75, 3.05) is 19.8 Å². The molecule has 8 nitrogen and oxygen atoms in total. The van der Waals surface area contributed by atoms with Gasteiger partial charge in [0.2, 0.25) is 5.91 Å². The lowest BCUT2D eigenvalue weighted by Crippen LogP contribution is -2.57. The zero-order chi connectivity index (χ0) is 15.5. The van der Waals surface area contributed by atoms with Gasteiger partial charge in [-0.25, -0.2) is 4.79 Å². The predicted molar refractivity (Wildman–Crippen MR) is 72.6 cm³/mol. The van der Waals surface area contributed by atoms with E-state index in [1.807, 2.05) is 0 Å². The Hall–Kier alpha value is -2.16. The van der Waals surface area contributed by atoms with Crippen LogP contribution in [-0.4, -0.2) is 51.2 Å². The normalized spacial score (nSPS) is 11.8. The summed E-state index contributed by atoms with van der Waals surface area (Å²) in [6.07, 6.45) is 0. The lowest BCUT2D eigenvalue weighted by atomic mass is 10.0. The van der Waals surface area contributed by atoms with Crippen LogP contribution in [0.4, 0.5) is 0 Å². The third-order valence-electron chi connectivity index (χ3n) is 3.19. The Bertz CT molecular complexity index is 677. The summed E-state index contributed by atoms with van der Waals surface area (Å²) in [6, 6.07) is 6.63. The Labute approximate surface area is 119 Å². The maximum atomic E-state index is 12.0. The van der Waals surface area contributed by atoms with Crippen molar-refractivity contribution in [1.82, 2.24) is 9.88 Å². The van der Waals surface area contributed by atoms with Gasteiger partial charge < -0.3 is 25.1 Å². The topological polar surface area (TPSA) is 125 Å². The van der Waals surface area contributed by atoms with Crippen LogP contribution < -0.4 is 11.1 Å². The van der Waals surface area contributed by atoms with Crippen molar-refractivity contribution in [2.24, 2.45) is 0 Å². The highest BCUT2D eigenvalue weighted by molar-refractivity contribution is 5.80. The summed E-state index contributed by atoms with van der Waals surface area (Å²) < 4.78 is 6.11. The van der Waals surface area contributed by atoms with Crippen molar-refractivity contribution >= 4 is 17.0 Å². The molecule has 0 unspecified atom stereocenters. The number of para-hydroxylation sites is 2. The molecule has 114 valence electrons. The monoisotopic (exact) mass is 296 g/mol. The highest BCUT2D eigenvalue weighted by Gasteiger charge is 2.30. The first kappa shape index (κ1) is 15.2. The molecule has 0 saturated carbocycles. The summed E-state index contributed by atoms with van der Waals surface area (Å²) in [5.74, 6) is -1.32. The Balaban J connectivity index is 2.22. The van der Waals surface area contributed by atoms with Crippen LogP contribution in [0.15, 0.2) is 33.5 Å². The quantitative estimate of drug-likeness (QED) is 0.510. The fourth-order valence-corrected chi connectivity index (χ4v) is 1.91. The highest BCUT2D eigenvalue weighted by atomic mass is 16.4. The van der Waals surface area contributed by atoms with E-state index in [-0.39, 0.29) is 6.54 Å². The lowest BCUT2D eigenvalue weighted by Gasteiger charge is -2.28. The number of oxazole rings is 1. The molecule has 0 atom stereocenters. The summed E-state index contributed by atoms with van der Waals surface area (Å²) in [6.45, 7) is -2.25. The number of hydrogen-bond acceptors (Lipinski definition) is 6. The first-order valence-corrected chi connectivity index (χ1v) is 6.27. The van der Waals surface area contributed by atoms with E-state index in [1.165, 1.54) is 0 Å². The maximum Gasteiger partial charge on any atom is 0.420 e. The van der Waals surface area contributed by atoms with Gasteiger partial charge in [0.1, 0.15) is 12.1 Å². The number of aliphatic hydroxyl groups is 3. The average molecular weight is 296 g/mol. The van der Waals surface area contributed by atoms with Crippen LogP contribution in [-0.2, 0) is 11.3 Å². The number of nitrogens with zero attached hydrogens (tertiary/aromatic N) is 1. The molecule has 0 aliphatic heterocycles. The van der Waals surface area contributed by atoms with Crippen molar-refractivity contribution in [1.29, 1.82) is 0 Å². The summed E-state index contributed by atoms with van der Waals surface area (Å²) in [5.41, 5.74) is -0.714. The summed E-state index contributed by atoms with van der Waals surface area (Å²) in [5, 5.41) is 29.8. The molecule has 2 aromatic rings. The maximum absolute atomic E-state index is 12.0. The van der Waals surface area contributed by atoms with E-state index in [0.717, 1.165) is 4.57 Å². The fraction of sp³-hybridized carbons (Fsp3) is 0.385. The van der Waals surface area contributed by atoms with Gasteiger partial charge in [0.05, 0.1) is 25.3 Å². The number of nitrogens with one attached hydrogen (secondary N) is 1. The van der Waals surface area contributed by atoms with Gasteiger partial charge in [-0.05, 0) is 12.1 Å². The number of hydrogen-bond donors (Lipinski definition) is 4. The summed E-state index contributed by atoms with van der Waals surface area (Å²) in [4.78, 5) is 23.7. The van der Waals surface area contributed by atoms with Crippen LogP contribution in [0.3, 0.4) is 0 Å². The molecular weight excluding hydrogens is 280 g/mol. The molecule has 0 aliphatic carbocycles. The summed E-state index contributed by atoms with van der Waals surface area (Å²) in [7, 11) is 0. The van der Waals surface area contributed by atoms with E-state index >= 15 is 0 Å². The minimum atomic E-state index is -1.53. The Morgan fingerprint density at radius 2 is 1.81 bits per heavy atom. The molecule has 8 heteroatoms. The summed E-state index contributed by atoms with van der Waals surface area (Å²) >= 11 is 0. The lowest BCUT2D eigenvalue weighted by molar-refractivity contribution is -0.126. The van der Waals surface area contributed by atoms with Crippen LogP contribution in [0.2, 0.25) is 0 Å². The van der Waals surface area contributed by atoms with Gasteiger partial charge in [0.15, 0.2) is 5.58 Å². The van der Waals surface area contributed by atoms with Crippen LogP contribution in [0, 0.1) is 0 Å². The first-order chi connectivity index (χ1) is 10.0. The van der Waals surface area contributed by atoms with Crippen molar-refractivity contribution < 1.29 is 24.5 Å². The van der Waals surface area contributed by atoms with Crippen LogP contribution in [0.5, 0.6) is 0 Å². The van der Waals surface area contributed by atoms with E-state index in [1.54, 1.807) is 24.3 Å². The van der Waals surface area contributed by atoms with Crippen LogP contribution in [0.25, 0.3) is 11.1 Å². The molecule has 0 bridgehead atoms. The number of aliphatic hydroxyl groups excluding tert-OH is 3. The van der Waals surface area contributed by atoms with Gasteiger partial charge in [-0.3, -0.25) is 9.36 Å². The molecule has 2 rings (SSSR count).